The van der Waals surface area contributed by atoms with Crippen LogP contribution in [0.15, 0.2) is 42.5 Å². The molecule has 2 amide bonds. The molecule has 0 aliphatic rings. The highest BCUT2D eigenvalue weighted by Gasteiger charge is 2.29. The highest BCUT2D eigenvalue weighted by atomic mass is 35.5. The van der Waals surface area contributed by atoms with Gasteiger partial charge in [-0.2, -0.15) is 0 Å². The summed E-state index contributed by atoms with van der Waals surface area (Å²) in [4.78, 5) is 27.4. The van der Waals surface area contributed by atoms with Gasteiger partial charge in [0.15, 0.2) is 6.61 Å². The first-order chi connectivity index (χ1) is 14.7. The van der Waals surface area contributed by atoms with Crippen molar-refractivity contribution in [1.29, 1.82) is 0 Å². The number of nitrogens with zero attached hydrogens (tertiary/aromatic N) is 1. The molecule has 2 aromatic rings. The largest absolute Gasteiger partial charge is 0.497 e. The minimum absolute atomic E-state index is 0.0426. The van der Waals surface area contributed by atoms with E-state index in [-0.39, 0.29) is 31.0 Å². The van der Waals surface area contributed by atoms with Crippen LogP contribution in [0.4, 0.5) is 0 Å². The van der Waals surface area contributed by atoms with Crippen LogP contribution in [-0.2, 0) is 16.1 Å². The second-order valence-corrected chi connectivity index (χ2v) is 8.14. The van der Waals surface area contributed by atoms with Gasteiger partial charge in [0.2, 0.25) is 5.91 Å². The van der Waals surface area contributed by atoms with E-state index in [2.05, 4.69) is 5.32 Å². The Bertz CT molecular complexity index is 888. The summed E-state index contributed by atoms with van der Waals surface area (Å²) in [6.07, 6.45) is 0.453. The number of nitrogens with one attached hydrogen (secondary N) is 1. The molecule has 0 aliphatic heterocycles. The number of rotatable bonds is 10. The Morgan fingerprint density at radius 1 is 1.03 bits per heavy atom. The van der Waals surface area contributed by atoms with Crippen molar-refractivity contribution in [3.05, 3.63) is 58.1 Å². The molecule has 8 heteroatoms. The molecule has 0 spiro atoms. The van der Waals surface area contributed by atoms with E-state index in [1.807, 2.05) is 20.8 Å². The Morgan fingerprint density at radius 2 is 1.68 bits per heavy atom. The smallest absolute Gasteiger partial charge is 0.261 e. The summed E-state index contributed by atoms with van der Waals surface area (Å²) >= 11 is 12.1. The van der Waals surface area contributed by atoms with Crippen molar-refractivity contribution in [2.45, 2.75) is 45.8 Å². The fourth-order valence-electron chi connectivity index (χ4n) is 3.03. The molecule has 2 rings (SSSR count). The Hall–Kier alpha value is -2.44. The van der Waals surface area contributed by atoms with Crippen LogP contribution >= 0.6 is 23.2 Å². The van der Waals surface area contributed by atoms with Crippen molar-refractivity contribution in [2.75, 3.05) is 13.7 Å². The number of hydrogen-bond donors (Lipinski definition) is 1. The van der Waals surface area contributed by atoms with Gasteiger partial charge in [-0.1, -0.05) is 36.2 Å². The summed E-state index contributed by atoms with van der Waals surface area (Å²) in [5.74, 6) is 0.697. The van der Waals surface area contributed by atoms with Crippen LogP contribution in [0.25, 0.3) is 0 Å². The third kappa shape index (κ3) is 7.33. The van der Waals surface area contributed by atoms with Crippen LogP contribution in [0.1, 0.15) is 32.8 Å². The van der Waals surface area contributed by atoms with Gasteiger partial charge in [-0.3, -0.25) is 9.59 Å². The van der Waals surface area contributed by atoms with Crippen LogP contribution in [0.2, 0.25) is 10.0 Å². The van der Waals surface area contributed by atoms with Gasteiger partial charge in [0.05, 0.1) is 17.2 Å². The molecule has 0 aliphatic carbocycles. The van der Waals surface area contributed by atoms with E-state index < -0.39 is 6.04 Å². The highest BCUT2D eigenvalue weighted by Crippen LogP contribution is 2.24. The number of benzene rings is 2. The molecule has 0 fully saturated rings. The maximum Gasteiger partial charge on any atom is 0.261 e. The van der Waals surface area contributed by atoms with Crippen molar-refractivity contribution < 1.29 is 19.1 Å². The first-order valence-electron chi connectivity index (χ1n) is 10.1. The van der Waals surface area contributed by atoms with Gasteiger partial charge in [0.25, 0.3) is 5.91 Å². The first-order valence-corrected chi connectivity index (χ1v) is 10.8. The summed E-state index contributed by atoms with van der Waals surface area (Å²) in [7, 11) is 1.58. The number of hydrogen-bond acceptors (Lipinski definition) is 4. The zero-order valence-corrected chi connectivity index (χ0v) is 19.7. The Labute approximate surface area is 193 Å². The zero-order valence-electron chi connectivity index (χ0n) is 18.2. The van der Waals surface area contributed by atoms with Crippen LogP contribution in [0.3, 0.4) is 0 Å². The summed E-state index contributed by atoms with van der Waals surface area (Å²) in [5.41, 5.74) is 0.767. The lowest BCUT2D eigenvalue weighted by Gasteiger charge is -2.31. The molecule has 0 radical (unpaired) electrons. The van der Waals surface area contributed by atoms with Crippen molar-refractivity contribution in [3.63, 3.8) is 0 Å². The molecule has 0 saturated carbocycles. The molecule has 0 bridgehead atoms. The van der Waals surface area contributed by atoms with Gasteiger partial charge >= 0.3 is 0 Å². The molecule has 2 aromatic carbocycles. The maximum absolute atomic E-state index is 13.1. The topological polar surface area (TPSA) is 67.9 Å². The number of carbonyl (C=O) groups excluding carboxylic acids is 2. The highest BCUT2D eigenvalue weighted by molar-refractivity contribution is 6.42. The monoisotopic (exact) mass is 466 g/mol. The first kappa shape index (κ1) is 24.8. The van der Waals surface area contributed by atoms with E-state index in [0.717, 1.165) is 5.56 Å². The number of ether oxygens (including phenoxy) is 2. The third-order valence-electron chi connectivity index (χ3n) is 4.58. The molecule has 31 heavy (non-hydrogen) atoms. The quantitative estimate of drug-likeness (QED) is 0.550. The molecule has 0 unspecified atom stereocenters. The van der Waals surface area contributed by atoms with Crippen molar-refractivity contribution >= 4 is 35.0 Å². The Morgan fingerprint density at radius 3 is 2.23 bits per heavy atom. The lowest BCUT2D eigenvalue weighted by Crippen LogP contribution is -2.51. The van der Waals surface area contributed by atoms with Gasteiger partial charge in [-0.05, 0) is 62.2 Å². The fourth-order valence-corrected chi connectivity index (χ4v) is 3.36. The van der Waals surface area contributed by atoms with Crippen molar-refractivity contribution in [3.8, 4) is 11.5 Å². The number of amides is 2. The van der Waals surface area contributed by atoms with Crippen molar-refractivity contribution in [1.82, 2.24) is 10.2 Å². The van der Waals surface area contributed by atoms with E-state index in [1.54, 1.807) is 49.6 Å². The van der Waals surface area contributed by atoms with E-state index in [9.17, 15) is 9.59 Å². The molecule has 1 N–H and O–H groups in total. The summed E-state index contributed by atoms with van der Waals surface area (Å²) in [6.45, 7) is 5.61. The molecular weight excluding hydrogens is 439 g/mol. The van der Waals surface area contributed by atoms with Crippen LogP contribution in [0, 0.1) is 0 Å². The fraction of sp³-hybridized carbons (Fsp3) is 0.391. The SMILES string of the molecule is CC[C@@H](C(=O)NC(C)C)N(Cc1ccc(Cl)c(Cl)c1)C(=O)COc1ccc(OC)cc1. The number of carbonyl (C=O) groups is 2. The standard InChI is InChI=1S/C23H28Cl2N2O4/c1-5-21(23(29)26-15(2)3)27(13-16-6-11-19(24)20(25)12-16)22(28)14-31-18-9-7-17(30-4)8-10-18/h6-12,15,21H,5,13-14H2,1-4H3,(H,26,29)/t21-/m0/s1. The third-order valence-corrected chi connectivity index (χ3v) is 5.31. The van der Waals surface area contributed by atoms with Gasteiger partial charge < -0.3 is 19.7 Å². The molecule has 168 valence electrons. The number of methoxy groups -OCH3 is 1. The maximum atomic E-state index is 13.1. The molecule has 0 heterocycles. The van der Waals surface area contributed by atoms with Gasteiger partial charge in [-0.25, -0.2) is 0 Å². The Balaban J connectivity index is 2.21. The van der Waals surface area contributed by atoms with E-state index in [4.69, 9.17) is 32.7 Å². The number of halogens is 2. The van der Waals surface area contributed by atoms with Crippen LogP contribution < -0.4 is 14.8 Å². The molecule has 6 nitrogen and oxygen atoms in total. The predicted octanol–water partition coefficient (Wildman–Crippen LogP) is 4.71. The molecule has 0 saturated heterocycles. The zero-order chi connectivity index (χ0) is 23.0. The predicted molar refractivity (Wildman–Crippen MR) is 123 cm³/mol. The van der Waals surface area contributed by atoms with Crippen LogP contribution in [0.5, 0.6) is 11.5 Å². The minimum atomic E-state index is -0.649. The average Bonchev–Trinajstić information content (AvgIpc) is 2.74. The molecular formula is C23H28Cl2N2O4. The van der Waals surface area contributed by atoms with E-state index >= 15 is 0 Å². The lowest BCUT2D eigenvalue weighted by molar-refractivity contribution is -0.143. The van der Waals surface area contributed by atoms with Crippen molar-refractivity contribution in [2.24, 2.45) is 0 Å². The minimum Gasteiger partial charge on any atom is -0.497 e. The normalized spacial score (nSPS) is 11.7. The van der Waals surface area contributed by atoms with Gasteiger partial charge in [0.1, 0.15) is 17.5 Å². The molecule has 1 atom stereocenters. The summed E-state index contributed by atoms with van der Waals surface area (Å²) < 4.78 is 10.8. The average molecular weight is 467 g/mol. The van der Waals surface area contributed by atoms with Gasteiger partial charge in [0, 0.05) is 12.6 Å². The second-order valence-electron chi connectivity index (χ2n) is 7.32. The summed E-state index contributed by atoms with van der Waals surface area (Å²) in [5, 5.41) is 3.70. The Kier molecular flexibility index (Phi) is 9.46. The van der Waals surface area contributed by atoms with Crippen LogP contribution in [-0.4, -0.2) is 42.5 Å². The van der Waals surface area contributed by atoms with Gasteiger partial charge in [-0.15, -0.1) is 0 Å². The summed E-state index contributed by atoms with van der Waals surface area (Å²) in [6, 6.07) is 11.4. The molecule has 0 aromatic heterocycles. The van der Waals surface area contributed by atoms with E-state index in [0.29, 0.717) is 28.0 Å². The van der Waals surface area contributed by atoms with E-state index in [1.165, 1.54) is 4.90 Å². The second kappa shape index (κ2) is 11.8. The lowest BCUT2D eigenvalue weighted by atomic mass is 10.1.